The van der Waals surface area contributed by atoms with Crippen molar-refractivity contribution in [2.45, 2.75) is 44.8 Å². The number of carbonyl (C=O) groups is 1. The summed E-state index contributed by atoms with van der Waals surface area (Å²) < 4.78 is 5.73. The molecule has 3 atom stereocenters. The normalized spacial score (nSPS) is 25.1. The molecule has 1 fully saturated rings. The molecule has 1 saturated carbocycles. The summed E-state index contributed by atoms with van der Waals surface area (Å²) in [6, 6.07) is 0. The molecule has 112 valence electrons. The maximum Gasteiger partial charge on any atom is 0.236 e. The van der Waals surface area contributed by atoms with Gasteiger partial charge in [-0.1, -0.05) is 19.8 Å². The summed E-state index contributed by atoms with van der Waals surface area (Å²) in [7, 11) is 3.43. The zero-order valence-electron chi connectivity index (χ0n) is 12.4. The molecule has 2 N–H and O–H groups in total. The van der Waals surface area contributed by atoms with Crippen LogP contribution < -0.4 is 5.32 Å². The van der Waals surface area contributed by atoms with Crippen LogP contribution in [0.25, 0.3) is 0 Å². The lowest BCUT2D eigenvalue weighted by atomic mass is 9.89. The van der Waals surface area contributed by atoms with E-state index in [1.54, 1.807) is 14.1 Å². The van der Waals surface area contributed by atoms with Gasteiger partial charge in [-0.25, -0.2) is 0 Å². The van der Waals surface area contributed by atoms with E-state index in [-0.39, 0.29) is 12.5 Å². The van der Waals surface area contributed by atoms with Crippen LogP contribution in [0, 0.1) is 5.92 Å². The molecule has 0 heterocycles. The van der Waals surface area contributed by atoms with Gasteiger partial charge >= 0.3 is 0 Å². The first-order valence-corrected chi connectivity index (χ1v) is 7.19. The van der Waals surface area contributed by atoms with E-state index in [9.17, 15) is 9.90 Å². The van der Waals surface area contributed by atoms with Crippen LogP contribution in [0.2, 0.25) is 0 Å². The first-order chi connectivity index (χ1) is 8.99. The Kier molecular flexibility index (Phi) is 7.34. The second-order valence-corrected chi connectivity index (χ2v) is 5.80. The molecular formula is C14H28N2O3. The van der Waals surface area contributed by atoms with Crippen LogP contribution >= 0.6 is 0 Å². The zero-order valence-corrected chi connectivity index (χ0v) is 12.4. The van der Waals surface area contributed by atoms with E-state index in [0.717, 1.165) is 18.8 Å². The Morgan fingerprint density at radius 1 is 1.47 bits per heavy atom. The Labute approximate surface area is 116 Å². The summed E-state index contributed by atoms with van der Waals surface area (Å²) in [6.07, 6.45) is 4.45. The minimum absolute atomic E-state index is 0.00854. The van der Waals surface area contributed by atoms with Gasteiger partial charge in [0, 0.05) is 20.6 Å². The molecule has 0 spiro atoms. The van der Waals surface area contributed by atoms with Crippen LogP contribution in [0.15, 0.2) is 0 Å². The fourth-order valence-corrected chi connectivity index (χ4v) is 2.34. The van der Waals surface area contributed by atoms with E-state index in [1.165, 1.54) is 17.7 Å². The molecule has 0 aromatic rings. The number of likely N-dealkylation sites (N-methyl/N-ethyl adjacent to an activating group) is 1. The number of aliphatic hydroxyl groups excluding tert-OH is 1. The fraction of sp³-hybridized carbons (Fsp3) is 0.929. The van der Waals surface area contributed by atoms with Crippen LogP contribution in [0.5, 0.6) is 0 Å². The van der Waals surface area contributed by atoms with E-state index < -0.39 is 6.10 Å². The van der Waals surface area contributed by atoms with E-state index in [2.05, 4.69) is 12.2 Å². The molecule has 1 aliphatic carbocycles. The predicted molar refractivity (Wildman–Crippen MR) is 74.9 cm³/mol. The molecule has 0 aromatic carbocycles. The van der Waals surface area contributed by atoms with Crippen LogP contribution in [-0.2, 0) is 9.53 Å². The Balaban J connectivity index is 2.07. The lowest BCUT2D eigenvalue weighted by molar-refractivity contribution is -0.127. The number of aliphatic hydroxyl groups is 1. The number of hydrogen-bond acceptors (Lipinski definition) is 4. The molecule has 0 bridgehead atoms. The molecule has 0 radical (unpaired) electrons. The van der Waals surface area contributed by atoms with Crippen molar-refractivity contribution >= 4 is 5.91 Å². The number of carbonyl (C=O) groups excluding carboxylic acids is 1. The number of ether oxygens (including phenoxy) is 1. The maximum atomic E-state index is 11.3. The van der Waals surface area contributed by atoms with Gasteiger partial charge in [-0.05, 0) is 18.8 Å². The quantitative estimate of drug-likeness (QED) is 0.713. The number of nitrogens with zero attached hydrogens (tertiary/aromatic N) is 1. The standard InChI is InChI=1S/C14H28N2O3/c1-11-5-4-6-13(7-11)19-10-12(17)8-15-9-14(18)16(2)3/h11-13,15,17H,4-10H2,1-3H3. The highest BCUT2D eigenvalue weighted by atomic mass is 16.5. The number of hydrogen-bond donors (Lipinski definition) is 2. The minimum Gasteiger partial charge on any atom is -0.389 e. The Morgan fingerprint density at radius 2 is 2.21 bits per heavy atom. The van der Waals surface area contributed by atoms with E-state index >= 15 is 0 Å². The molecule has 5 nitrogen and oxygen atoms in total. The Morgan fingerprint density at radius 3 is 2.84 bits per heavy atom. The summed E-state index contributed by atoms with van der Waals surface area (Å²) >= 11 is 0. The van der Waals surface area contributed by atoms with E-state index in [1.807, 2.05) is 0 Å². The first kappa shape index (κ1) is 16.4. The Bertz CT molecular complexity index is 271. The summed E-state index contributed by atoms with van der Waals surface area (Å²) in [5, 5.41) is 12.7. The molecule has 19 heavy (non-hydrogen) atoms. The van der Waals surface area contributed by atoms with Crippen LogP contribution in [0.4, 0.5) is 0 Å². The van der Waals surface area contributed by atoms with Gasteiger partial charge in [-0.15, -0.1) is 0 Å². The molecule has 0 aromatic heterocycles. The van der Waals surface area contributed by atoms with Crippen molar-refractivity contribution in [3.63, 3.8) is 0 Å². The Hall–Kier alpha value is -0.650. The SMILES string of the molecule is CC1CCCC(OCC(O)CNCC(=O)N(C)C)C1. The fourth-order valence-electron chi connectivity index (χ4n) is 2.34. The highest BCUT2D eigenvalue weighted by Gasteiger charge is 2.20. The summed E-state index contributed by atoms with van der Waals surface area (Å²) in [5.74, 6) is 0.737. The average molecular weight is 272 g/mol. The van der Waals surface area contributed by atoms with Gasteiger partial charge in [0.1, 0.15) is 0 Å². The van der Waals surface area contributed by atoms with Crippen molar-refractivity contribution in [2.24, 2.45) is 5.92 Å². The van der Waals surface area contributed by atoms with Crippen molar-refractivity contribution < 1.29 is 14.6 Å². The molecule has 1 aliphatic rings. The number of amides is 1. The summed E-state index contributed by atoms with van der Waals surface area (Å²) in [5.41, 5.74) is 0. The van der Waals surface area contributed by atoms with Gasteiger partial charge in [0.25, 0.3) is 0 Å². The van der Waals surface area contributed by atoms with Gasteiger partial charge < -0.3 is 20.1 Å². The third-order valence-electron chi connectivity index (χ3n) is 3.57. The van der Waals surface area contributed by atoms with Crippen molar-refractivity contribution in [3.05, 3.63) is 0 Å². The number of rotatable bonds is 7. The first-order valence-electron chi connectivity index (χ1n) is 7.19. The summed E-state index contributed by atoms with van der Waals surface area (Å²) in [4.78, 5) is 12.8. The second-order valence-electron chi connectivity index (χ2n) is 5.80. The number of nitrogens with one attached hydrogen (secondary N) is 1. The largest absolute Gasteiger partial charge is 0.389 e. The monoisotopic (exact) mass is 272 g/mol. The lowest BCUT2D eigenvalue weighted by Gasteiger charge is -2.27. The highest BCUT2D eigenvalue weighted by Crippen LogP contribution is 2.25. The maximum absolute atomic E-state index is 11.3. The minimum atomic E-state index is -0.549. The zero-order chi connectivity index (χ0) is 14.3. The molecule has 1 rings (SSSR count). The van der Waals surface area contributed by atoms with Gasteiger partial charge in [0.05, 0.1) is 25.4 Å². The smallest absolute Gasteiger partial charge is 0.236 e. The molecule has 5 heteroatoms. The van der Waals surface area contributed by atoms with Gasteiger partial charge in [-0.2, -0.15) is 0 Å². The van der Waals surface area contributed by atoms with Crippen molar-refractivity contribution in [1.82, 2.24) is 10.2 Å². The van der Waals surface area contributed by atoms with E-state index in [0.29, 0.717) is 19.3 Å². The highest BCUT2D eigenvalue weighted by molar-refractivity contribution is 5.77. The average Bonchev–Trinajstić information content (AvgIpc) is 2.36. The second kappa shape index (κ2) is 8.51. The third-order valence-corrected chi connectivity index (χ3v) is 3.57. The lowest BCUT2D eigenvalue weighted by Crippen LogP contribution is -2.38. The van der Waals surface area contributed by atoms with Crippen molar-refractivity contribution in [1.29, 1.82) is 0 Å². The third kappa shape index (κ3) is 6.89. The van der Waals surface area contributed by atoms with Crippen LogP contribution in [-0.4, -0.2) is 61.9 Å². The molecule has 1 amide bonds. The van der Waals surface area contributed by atoms with Crippen molar-refractivity contribution in [3.8, 4) is 0 Å². The molecule has 3 unspecified atom stereocenters. The van der Waals surface area contributed by atoms with Crippen LogP contribution in [0.1, 0.15) is 32.6 Å². The van der Waals surface area contributed by atoms with Crippen molar-refractivity contribution in [2.75, 3.05) is 33.8 Å². The predicted octanol–water partition coefficient (Wildman–Crippen LogP) is 0.620. The molecule has 0 aliphatic heterocycles. The van der Waals surface area contributed by atoms with Gasteiger partial charge in [-0.3, -0.25) is 4.79 Å². The van der Waals surface area contributed by atoms with E-state index in [4.69, 9.17) is 4.74 Å². The summed E-state index contributed by atoms with van der Waals surface area (Å²) in [6.45, 7) is 3.24. The molecular weight excluding hydrogens is 244 g/mol. The molecule has 0 saturated heterocycles. The van der Waals surface area contributed by atoms with Crippen LogP contribution in [0.3, 0.4) is 0 Å². The van der Waals surface area contributed by atoms with Gasteiger partial charge in [0.15, 0.2) is 0 Å². The topological polar surface area (TPSA) is 61.8 Å². The van der Waals surface area contributed by atoms with Gasteiger partial charge in [0.2, 0.25) is 5.91 Å².